The maximum atomic E-state index is 12.7. The number of para-hydroxylation sites is 1. The van der Waals surface area contributed by atoms with Crippen LogP contribution in [0, 0.1) is 0 Å². The molecule has 0 amide bonds. The molecule has 0 aliphatic rings. The van der Waals surface area contributed by atoms with Crippen molar-refractivity contribution < 1.29 is 13.2 Å². The minimum Gasteiger partial charge on any atom is -0.378 e. The first-order chi connectivity index (χ1) is 12.9. The number of hydrogen-bond donors (Lipinski definition) is 1. The van der Waals surface area contributed by atoms with Gasteiger partial charge in [-0.25, -0.2) is 0 Å². The average Bonchev–Trinajstić information content (AvgIpc) is 3.08. The van der Waals surface area contributed by atoms with Crippen LogP contribution in [0.2, 0.25) is 0 Å². The molecule has 0 aliphatic heterocycles. The highest BCUT2D eigenvalue weighted by Crippen LogP contribution is 2.29. The largest absolute Gasteiger partial charge is 0.416 e. The molecular weight excluding hydrogens is 359 g/mol. The monoisotopic (exact) mass is 373 g/mol. The van der Waals surface area contributed by atoms with Gasteiger partial charge in [-0.2, -0.15) is 13.2 Å². The summed E-state index contributed by atoms with van der Waals surface area (Å²) in [6, 6.07) is 11.9. The van der Waals surface area contributed by atoms with Gasteiger partial charge in [-0.3, -0.25) is 13.8 Å². The van der Waals surface area contributed by atoms with E-state index >= 15 is 0 Å². The van der Waals surface area contributed by atoms with Gasteiger partial charge in [-0.05, 0) is 36.4 Å². The second-order valence-electron chi connectivity index (χ2n) is 6.06. The van der Waals surface area contributed by atoms with Crippen molar-refractivity contribution in [2.24, 2.45) is 7.05 Å². The van der Waals surface area contributed by atoms with Crippen molar-refractivity contribution in [2.75, 3.05) is 5.32 Å². The number of rotatable bonds is 3. The normalized spacial score (nSPS) is 12.0. The van der Waals surface area contributed by atoms with Crippen LogP contribution in [0.1, 0.15) is 11.4 Å². The molecular formula is C18H14F3N5O. The van der Waals surface area contributed by atoms with Crippen LogP contribution < -0.4 is 10.9 Å². The molecule has 4 rings (SSSR count). The van der Waals surface area contributed by atoms with Gasteiger partial charge in [0, 0.05) is 12.7 Å². The van der Waals surface area contributed by atoms with Crippen molar-refractivity contribution >= 4 is 22.4 Å². The predicted octanol–water partition coefficient (Wildman–Crippen LogP) is 3.21. The number of anilines is 1. The Morgan fingerprint density at radius 2 is 1.74 bits per heavy atom. The molecule has 1 N–H and O–H groups in total. The van der Waals surface area contributed by atoms with Crippen LogP contribution in [0.5, 0.6) is 0 Å². The third kappa shape index (κ3) is 2.90. The number of halogens is 3. The summed E-state index contributed by atoms with van der Waals surface area (Å²) >= 11 is 0. The maximum Gasteiger partial charge on any atom is 0.416 e. The lowest BCUT2D eigenvalue weighted by atomic mass is 10.2. The molecule has 27 heavy (non-hydrogen) atoms. The molecule has 0 aliphatic carbocycles. The molecule has 0 bridgehead atoms. The van der Waals surface area contributed by atoms with E-state index in [-0.39, 0.29) is 12.1 Å². The lowest BCUT2D eigenvalue weighted by Crippen LogP contribution is -2.20. The fourth-order valence-corrected chi connectivity index (χ4v) is 2.96. The smallest absolute Gasteiger partial charge is 0.378 e. The molecule has 2 aromatic carbocycles. The molecule has 2 aromatic heterocycles. The zero-order valence-corrected chi connectivity index (χ0v) is 14.2. The average molecular weight is 373 g/mol. The summed E-state index contributed by atoms with van der Waals surface area (Å²) in [5.74, 6) is 0.930. The number of nitrogens with zero attached hydrogens (tertiary/aromatic N) is 4. The van der Waals surface area contributed by atoms with E-state index in [1.807, 2.05) is 6.07 Å². The topological polar surface area (TPSA) is 64.2 Å². The molecule has 0 saturated carbocycles. The number of aromatic nitrogens is 4. The van der Waals surface area contributed by atoms with E-state index in [1.54, 1.807) is 29.6 Å². The van der Waals surface area contributed by atoms with Crippen molar-refractivity contribution in [1.29, 1.82) is 0 Å². The molecule has 2 heterocycles. The molecule has 6 nitrogen and oxygen atoms in total. The highest BCUT2D eigenvalue weighted by Gasteiger charge is 2.29. The standard InChI is InChI=1S/C18H14F3N5O/c1-25-16(27)13-4-2-3-5-14(13)26-15(23-24-17(25)26)10-22-12-8-6-11(7-9-12)18(19,20)21/h2-9,22H,10H2,1H3. The highest BCUT2D eigenvalue weighted by atomic mass is 19.4. The van der Waals surface area contributed by atoms with Crippen molar-refractivity contribution in [2.45, 2.75) is 12.7 Å². The van der Waals surface area contributed by atoms with E-state index in [1.165, 1.54) is 16.7 Å². The zero-order valence-electron chi connectivity index (χ0n) is 14.2. The summed E-state index contributed by atoms with van der Waals surface area (Å²) < 4.78 is 41.1. The van der Waals surface area contributed by atoms with Gasteiger partial charge in [0.05, 0.1) is 23.0 Å². The van der Waals surface area contributed by atoms with Gasteiger partial charge in [-0.1, -0.05) is 12.1 Å². The van der Waals surface area contributed by atoms with Crippen LogP contribution >= 0.6 is 0 Å². The second-order valence-corrected chi connectivity index (χ2v) is 6.06. The molecule has 0 radical (unpaired) electrons. The number of alkyl halides is 3. The van der Waals surface area contributed by atoms with Crippen molar-refractivity contribution in [3.05, 3.63) is 70.3 Å². The first-order valence-corrected chi connectivity index (χ1v) is 8.09. The Balaban J connectivity index is 1.70. The van der Waals surface area contributed by atoms with E-state index in [9.17, 15) is 18.0 Å². The molecule has 0 saturated heterocycles. The third-order valence-electron chi connectivity index (χ3n) is 4.36. The van der Waals surface area contributed by atoms with E-state index in [4.69, 9.17) is 0 Å². The molecule has 0 spiro atoms. The summed E-state index contributed by atoms with van der Waals surface area (Å²) in [4.78, 5) is 12.4. The fraction of sp³-hybridized carbons (Fsp3) is 0.167. The summed E-state index contributed by atoms with van der Waals surface area (Å²) in [5, 5.41) is 11.8. The van der Waals surface area contributed by atoms with Gasteiger partial charge in [0.1, 0.15) is 0 Å². The van der Waals surface area contributed by atoms with Crippen LogP contribution in [0.15, 0.2) is 53.3 Å². The van der Waals surface area contributed by atoms with Gasteiger partial charge in [-0.15, -0.1) is 10.2 Å². The van der Waals surface area contributed by atoms with Crippen LogP contribution in [0.3, 0.4) is 0 Å². The quantitative estimate of drug-likeness (QED) is 0.599. The molecule has 0 atom stereocenters. The first-order valence-electron chi connectivity index (χ1n) is 8.09. The van der Waals surface area contributed by atoms with Crippen molar-refractivity contribution in [1.82, 2.24) is 19.2 Å². The van der Waals surface area contributed by atoms with Crippen LogP contribution in [-0.4, -0.2) is 19.2 Å². The van der Waals surface area contributed by atoms with E-state index in [0.717, 1.165) is 12.1 Å². The number of benzene rings is 2. The van der Waals surface area contributed by atoms with E-state index in [0.29, 0.717) is 28.2 Å². The Bertz CT molecular complexity index is 1190. The number of nitrogens with one attached hydrogen (secondary N) is 1. The molecule has 138 valence electrons. The van der Waals surface area contributed by atoms with Crippen LogP contribution in [0.25, 0.3) is 16.7 Å². The third-order valence-corrected chi connectivity index (χ3v) is 4.36. The number of fused-ring (bicyclic) bond motifs is 3. The first kappa shape index (κ1) is 17.1. The molecule has 0 unspecified atom stereocenters. The van der Waals surface area contributed by atoms with Gasteiger partial charge in [0.15, 0.2) is 5.82 Å². The molecule has 4 aromatic rings. The van der Waals surface area contributed by atoms with Gasteiger partial charge < -0.3 is 5.32 Å². The van der Waals surface area contributed by atoms with Crippen molar-refractivity contribution in [3.63, 3.8) is 0 Å². The second kappa shape index (κ2) is 6.11. The Morgan fingerprint density at radius 3 is 2.44 bits per heavy atom. The minimum absolute atomic E-state index is 0.173. The van der Waals surface area contributed by atoms with Crippen molar-refractivity contribution in [3.8, 4) is 0 Å². The molecule has 0 fully saturated rings. The summed E-state index contributed by atoms with van der Waals surface area (Å²) in [6.45, 7) is 0.231. The zero-order chi connectivity index (χ0) is 19.2. The van der Waals surface area contributed by atoms with Gasteiger partial charge in [0.25, 0.3) is 5.56 Å². The maximum absolute atomic E-state index is 12.7. The fourth-order valence-electron chi connectivity index (χ4n) is 2.96. The predicted molar refractivity (Wildman–Crippen MR) is 94.5 cm³/mol. The summed E-state index contributed by atoms with van der Waals surface area (Å²) in [6.07, 6.45) is -4.37. The van der Waals surface area contributed by atoms with Gasteiger partial charge in [0.2, 0.25) is 5.78 Å². The Morgan fingerprint density at radius 1 is 1.04 bits per heavy atom. The van der Waals surface area contributed by atoms with E-state index < -0.39 is 11.7 Å². The minimum atomic E-state index is -4.37. The molecule has 9 heteroatoms. The van der Waals surface area contributed by atoms with Crippen LogP contribution in [-0.2, 0) is 19.8 Å². The Labute approximate surface area is 150 Å². The number of aryl methyl sites for hydroxylation is 1. The SMILES string of the molecule is Cn1c(=O)c2ccccc2n2c(CNc3ccc(C(F)(F)F)cc3)nnc12. The summed E-state index contributed by atoms with van der Waals surface area (Å²) in [5.41, 5.74) is 0.313. The lowest BCUT2D eigenvalue weighted by Gasteiger charge is -2.10. The van der Waals surface area contributed by atoms with Gasteiger partial charge >= 0.3 is 6.18 Å². The Kier molecular flexibility index (Phi) is 3.87. The van der Waals surface area contributed by atoms with E-state index in [2.05, 4.69) is 15.5 Å². The highest BCUT2D eigenvalue weighted by molar-refractivity contribution is 5.80. The lowest BCUT2D eigenvalue weighted by molar-refractivity contribution is -0.137. The van der Waals surface area contributed by atoms with Crippen LogP contribution in [0.4, 0.5) is 18.9 Å². The number of hydrogen-bond acceptors (Lipinski definition) is 4. The summed E-state index contributed by atoms with van der Waals surface area (Å²) in [7, 11) is 1.62. The Hall–Kier alpha value is -3.36.